The van der Waals surface area contributed by atoms with Crippen molar-refractivity contribution in [2.45, 2.75) is 121 Å². The summed E-state index contributed by atoms with van der Waals surface area (Å²) in [6.07, 6.45) is 35.0. The van der Waals surface area contributed by atoms with Gasteiger partial charge in [0.25, 0.3) is 0 Å². The summed E-state index contributed by atoms with van der Waals surface area (Å²) in [7, 11) is 0. The largest absolute Gasteiger partial charge is 0.381 e. The molecular weight excluding hydrogens is 743 g/mol. The zero-order valence-electron chi connectivity index (χ0n) is 35.9. The second kappa shape index (κ2) is 16.2. The molecule has 12 unspecified atom stereocenters. The molecule has 304 valence electrons. The van der Waals surface area contributed by atoms with E-state index in [0.29, 0.717) is 46.7 Å². The second-order valence-corrected chi connectivity index (χ2v) is 21.5. The van der Waals surface area contributed by atoms with E-state index in [0.717, 1.165) is 31.6 Å². The highest BCUT2D eigenvalue weighted by atomic mass is 32.2. The lowest BCUT2D eigenvalue weighted by Crippen LogP contribution is -2.37. The Labute approximate surface area is 357 Å². The standard InChI is InChI=1S/C53H65N3S2/c1-8-31(2)41(35(6)55-50-47-32(3)17-15-24-45(47)57-52(50)49(54)36-18-11-9-12-19-36)29-34(5)39-22-16-23-40-43-27-28-44(56-38-20-13-10-14-21-38)48(53(43,7)58-51(39)40)46-33(4)25-26-37-30-42(37)46/h9,11-13,15-16,18-20,22-26,28-29,31-33,35,37,40-43,49,51,55H,8,10,14,17,21,27,30,54H2,1-7H3/b34-29?,48-46-,56-38?. The van der Waals surface area contributed by atoms with Gasteiger partial charge in [-0.3, -0.25) is 4.99 Å². The number of anilines is 1. The number of thioether (sulfide) groups is 1. The SMILES string of the molecule is CCC(C)C(C=C(C)C1=CC=CC2C1SC1(C)/C(=C3/C(C)C=CC4CC34)C(N=C3C=CCCC3)=CCC21)C(C)Nc1c(C(N)c2ccccc2)sc2c1C(C)CC=C2. The fourth-order valence-corrected chi connectivity index (χ4v) is 14.9. The highest BCUT2D eigenvalue weighted by molar-refractivity contribution is 8.02. The number of allylic oxidation sites excluding steroid dienone is 12. The maximum absolute atomic E-state index is 7.13. The van der Waals surface area contributed by atoms with Crippen LogP contribution in [-0.2, 0) is 0 Å². The Bertz CT molecular complexity index is 2190. The van der Waals surface area contributed by atoms with Crippen molar-refractivity contribution in [1.82, 2.24) is 0 Å². The highest BCUT2D eigenvalue weighted by Gasteiger charge is 2.58. The maximum Gasteiger partial charge on any atom is 0.0667 e. The predicted octanol–water partition coefficient (Wildman–Crippen LogP) is 13.9. The van der Waals surface area contributed by atoms with Gasteiger partial charge in [0.05, 0.1) is 17.4 Å². The van der Waals surface area contributed by atoms with Crippen molar-refractivity contribution < 1.29 is 0 Å². The summed E-state index contributed by atoms with van der Waals surface area (Å²) in [5.74, 6) is 4.27. The molecule has 6 aliphatic carbocycles. The Hall–Kier alpha value is -3.38. The zero-order valence-corrected chi connectivity index (χ0v) is 37.5. The normalized spacial score (nSPS) is 35.0. The molecule has 5 heteroatoms. The highest BCUT2D eigenvalue weighted by Crippen LogP contribution is 2.66. The van der Waals surface area contributed by atoms with Crippen molar-refractivity contribution in [3.63, 3.8) is 0 Å². The van der Waals surface area contributed by atoms with Crippen LogP contribution in [0.4, 0.5) is 5.69 Å². The van der Waals surface area contributed by atoms with Crippen LogP contribution in [0.5, 0.6) is 0 Å². The monoisotopic (exact) mass is 807 g/mol. The number of hydrogen-bond donors (Lipinski definition) is 2. The summed E-state index contributed by atoms with van der Waals surface area (Å²) in [6.45, 7) is 17.1. The van der Waals surface area contributed by atoms with Gasteiger partial charge in [-0.05, 0) is 141 Å². The first kappa shape index (κ1) is 40.0. The molecule has 1 saturated carbocycles. The molecule has 9 rings (SSSR count). The topological polar surface area (TPSA) is 50.4 Å². The van der Waals surface area contributed by atoms with E-state index in [1.807, 2.05) is 11.3 Å². The molecule has 3 N–H and O–H groups in total. The van der Waals surface area contributed by atoms with Crippen LogP contribution in [0.2, 0.25) is 0 Å². The Morgan fingerprint density at radius 3 is 2.67 bits per heavy atom. The molecule has 0 amide bonds. The Balaban J connectivity index is 1.04. The number of fused-ring (bicyclic) bond motifs is 5. The number of rotatable bonds is 10. The predicted molar refractivity (Wildman–Crippen MR) is 253 cm³/mol. The summed E-state index contributed by atoms with van der Waals surface area (Å²) in [6, 6.07) is 10.7. The van der Waals surface area contributed by atoms with Gasteiger partial charge in [0.15, 0.2) is 0 Å². The lowest BCUT2D eigenvalue weighted by atomic mass is 9.66. The van der Waals surface area contributed by atoms with Gasteiger partial charge < -0.3 is 11.1 Å². The molecule has 1 aliphatic heterocycles. The van der Waals surface area contributed by atoms with Crippen molar-refractivity contribution >= 4 is 40.6 Å². The van der Waals surface area contributed by atoms with Gasteiger partial charge in [-0.1, -0.05) is 130 Å². The number of hydrogen-bond acceptors (Lipinski definition) is 5. The molecular formula is C53H65N3S2. The van der Waals surface area contributed by atoms with E-state index < -0.39 is 0 Å². The molecule has 0 spiro atoms. The molecule has 3 nitrogen and oxygen atoms in total. The molecule has 1 aromatic heterocycles. The summed E-state index contributed by atoms with van der Waals surface area (Å²) < 4.78 is 0.0138. The molecule has 2 fully saturated rings. The Morgan fingerprint density at radius 1 is 1.07 bits per heavy atom. The molecule has 12 atom stereocenters. The minimum atomic E-state index is -0.161. The second-order valence-electron chi connectivity index (χ2n) is 18.9. The molecule has 58 heavy (non-hydrogen) atoms. The number of nitrogens with two attached hydrogens (primary N) is 1. The maximum atomic E-state index is 7.13. The molecule has 1 saturated heterocycles. The Morgan fingerprint density at radius 2 is 1.90 bits per heavy atom. The fourth-order valence-electron chi connectivity index (χ4n) is 11.5. The minimum absolute atomic E-state index is 0.0138. The van der Waals surface area contributed by atoms with Crippen LogP contribution >= 0.6 is 23.1 Å². The van der Waals surface area contributed by atoms with Gasteiger partial charge in [-0.2, -0.15) is 0 Å². The third-order valence-electron chi connectivity index (χ3n) is 15.0. The third kappa shape index (κ3) is 7.19. The summed E-state index contributed by atoms with van der Waals surface area (Å²) in [5, 5.41) is 4.62. The molecule has 2 aromatic rings. The van der Waals surface area contributed by atoms with E-state index in [2.05, 4.69) is 163 Å². The summed E-state index contributed by atoms with van der Waals surface area (Å²) in [4.78, 5) is 8.16. The Kier molecular flexibility index (Phi) is 11.2. The van der Waals surface area contributed by atoms with E-state index in [1.165, 1.54) is 68.4 Å². The quantitative estimate of drug-likeness (QED) is 0.235. The van der Waals surface area contributed by atoms with Crippen LogP contribution in [0.3, 0.4) is 0 Å². The summed E-state index contributed by atoms with van der Waals surface area (Å²) >= 11 is 4.16. The summed E-state index contributed by atoms with van der Waals surface area (Å²) in [5.41, 5.74) is 19.9. The number of thiophene rings is 1. The first-order valence-electron chi connectivity index (χ1n) is 22.6. The number of nitrogens with zero attached hydrogens (tertiary/aromatic N) is 1. The lowest BCUT2D eigenvalue weighted by molar-refractivity contribution is 0.358. The van der Waals surface area contributed by atoms with E-state index >= 15 is 0 Å². The first-order chi connectivity index (χ1) is 28.1. The van der Waals surface area contributed by atoms with E-state index in [9.17, 15) is 0 Å². The van der Waals surface area contributed by atoms with E-state index in [4.69, 9.17) is 10.7 Å². The van der Waals surface area contributed by atoms with Crippen molar-refractivity contribution in [3.05, 3.63) is 140 Å². The molecule has 0 radical (unpaired) electrons. The van der Waals surface area contributed by atoms with Crippen LogP contribution in [0.15, 0.2) is 124 Å². The smallest absolute Gasteiger partial charge is 0.0667 e. The number of benzene rings is 1. The van der Waals surface area contributed by atoms with Gasteiger partial charge in [0, 0.05) is 31.5 Å². The molecule has 0 bridgehead atoms. The number of aliphatic imine (C=N–C) groups is 1. The van der Waals surface area contributed by atoms with Gasteiger partial charge in [-0.25, -0.2) is 0 Å². The fraction of sp³-hybridized carbons (Fsp3) is 0.491. The lowest BCUT2D eigenvalue weighted by Gasteiger charge is -2.41. The van der Waals surface area contributed by atoms with Crippen LogP contribution in [0.25, 0.3) is 6.08 Å². The van der Waals surface area contributed by atoms with Crippen molar-refractivity contribution in [3.8, 4) is 0 Å². The van der Waals surface area contributed by atoms with Crippen LogP contribution in [0.1, 0.15) is 126 Å². The van der Waals surface area contributed by atoms with Crippen molar-refractivity contribution in [2.24, 2.45) is 52.2 Å². The minimum Gasteiger partial charge on any atom is -0.381 e. The molecule has 7 aliphatic rings. The van der Waals surface area contributed by atoms with Crippen LogP contribution in [0, 0.1) is 41.4 Å². The van der Waals surface area contributed by atoms with Crippen molar-refractivity contribution in [2.75, 3.05) is 5.32 Å². The zero-order chi connectivity index (χ0) is 40.3. The third-order valence-corrected chi connectivity index (χ3v) is 18.1. The molecule has 2 heterocycles. The van der Waals surface area contributed by atoms with Crippen LogP contribution < -0.4 is 11.1 Å². The first-order valence-corrected chi connectivity index (χ1v) is 24.3. The van der Waals surface area contributed by atoms with Gasteiger partial charge in [0.1, 0.15) is 0 Å². The van der Waals surface area contributed by atoms with Crippen LogP contribution in [-0.4, -0.2) is 21.8 Å². The van der Waals surface area contributed by atoms with Gasteiger partial charge >= 0.3 is 0 Å². The van der Waals surface area contributed by atoms with Crippen molar-refractivity contribution in [1.29, 1.82) is 0 Å². The number of nitrogens with one attached hydrogen (secondary N) is 1. The van der Waals surface area contributed by atoms with Gasteiger partial charge in [0.2, 0.25) is 0 Å². The average molecular weight is 808 g/mol. The molecule has 1 aromatic carbocycles. The van der Waals surface area contributed by atoms with E-state index in [1.54, 1.807) is 11.1 Å². The van der Waals surface area contributed by atoms with E-state index in [-0.39, 0.29) is 16.8 Å². The average Bonchev–Trinajstić information content (AvgIpc) is 3.83. The van der Waals surface area contributed by atoms with Gasteiger partial charge in [-0.15, -0.1) is 23.1 Å².